The van der Waals surface area contributed by atoms with E-state index in [0.717, 1.165) is 0 Å². The van der Waals surface area contributed by atoms with Crippen LogP contribution in [-0.4, -0.2) is 48.5 Å². The van der Waals surface area contributed by atoms with E-state index >= 15 is 0 Å². The van der Waals surface area contributed by atoms with Gasteiger partial charge in [0, 0.05) is 19.5 Å². The Morgan fingerprint density at radius 2 is 2.41 bits per heavy atom. The van der Waals surface area contributed by atoms with Crippen molar-refractivity contribution in [1.82, 2.24) is 14.3 Å². The van der Waals surface area contributed by atoms with Gasteiger partial charge in [-0.2, -0.15) is 4.31 Å². The van der Waals surface area contributed by atoms with Gasteiger partial charge in [-0.25, -0.2) is 13.4 Å². The summed E-state index contributed by atoms with van der Waals surface area (Å²) in [6.45, 7) is 5.02. The lowest BCUT2D eigenvalue weighted by atomic mass is 10.3. The highest BCUT2D eigenvalue weighted by atomic mass is 32.2. The molecule has 0 aromatic carbocycles. The molecule has 6 nitrogen and oxygen atoms in total. The Labute approximate surface area is 101 Å². The van der Waals surface area contributed by atoms with Crippen LogP contribution in [-0.2, 0) is 21.2 Å². The Kier molecular flexibility index (Phi) is 3.50. The number of morpholine rings is 1. The van der Waals surface area contributed by atoms with E-state index in [1.807, 2.05) is 13.8 Å². The molecule has 96 valence electrons. The number of ether oxygens (including phenoxy) is 1. The monoisotopic (exact) mass is 259 g/mol. The number of aromatic amines is 1. The van der Waals surface area contributed by atoms with Crippen molar-refractivity contribution in [3.63, 3.8) is 0 Å². The molecule has 1 aliphatic rings. The van der Waals surface area contributed by atoms with Crippen molar-refractivity contribution < 1.29 is 13.2 Å². The van der Waals surface area contributed by atoms with E-state index in [0.29, 0.717) is 31.9 Å². The van der Waals surface area contributed by atoms with E-state index in [-0.39, 0.29) is 11.1 Å². The zero-order chi connectivity index (χ0) is 12.5. The Morgan fingerprint density at radius 1 is 1.65 bits per heavy atom. The summed E-state index contributed by atoms with van der Waals surface area (Å²) >= 11 is 0. The number of imidazole rings is 1. The largest absolute Gasteiger partial charge is 0.376 e. The van der Waals surface area contributed by atoms with E-state index < -0.39 is 10.0 Å². The Bertz CT molecular complexity index is 483. The first-order valence-corrected chi connectivity index (χ1v) is 7.13. The summed E-state index contributed by atoms with van der Waals surface area (Å²) < 4.78 is 31.3. The average molecular weight is 259 g/mol. The molecule has 1 aliphatic heterocycles. The van der Waals surface area contributed by atoms with Crippen molar-refractivity contribution in [3.05, 3.63) is 12.0 Å². The topological polar surface area (TPSA) is 75.3 Å². The summed E-state index contributed by atoms with van der Waals surface area (Å²) in [6, 6.07) is 0. The predicted molar refractivity (Wildman–Crippen MR) is 62.1 cm³/mol. The van der Waals surface area contributed by atoms with Crippen molar-refractivity contribution in [3.8, 4) is 0 Å². The van der Waals surface area contributed by atoms with Crippen LogP contribution in [0.4, 0.5) is 0 Å². The van der Waals surface area contributed by atoms with Crippen LogP contribution in [0.1, 0.15) is 19.7 Å². The van der Waals surface area contributed by atoms with Crippen molar-refractivity contribution in [2.45, 2.75) is 31.4 Å². The van der Waals surface area contributed by atoms with Crippen LogP contribution in [0.15, 0.2) is 11.2 Å². The van der Waals surface area contributed by atoms with Crippen LogP contribution in [0.5, 0.6) is 0 Å². The van der Waals surface area contributed by atoms with Gasteiger partial charge in [-0.1, -0.05) is 6.92 Å². The fourth-order valence-corrected chi connectivity index (χ4v) is 3.23. The van der Waals surface area contributed by atoms with Gasteiger partial charge < -0.3 is 9.72 Å². The predicted octanol–water partition coefficient (Wildman–Crippen LogP) is 0.382. The Hall–Kier alpha value is -0.920. The quantitative estimate of drug-likeness (QED) is 0.851. The number of hydrogen-bond donors (Lipinski definition) is 1. The Morgan fingerprint density at radius 3 is 3.00 bits per heavy atom. The zero-order valence-electron chi connectivity index (χ0n) is 10.0. The second-order valence-electron chi connectivity index (χ2n) is 4.09. The smallest absolute Gasteiger partial charge is 0.260 e. The van der Waals surface area contributed by atoms with E-state index in [4.69, 9.17) is 4.74 Å². The first kappa shape index (κ1) is 12.5. The van der Waals surface area contributed by atoms with Crippen molar-refractivity contribution in [1.29, 1.82) is 0 Å². The number of aromatic nitrogens is 2. The third-order valence-electron chi connectivity index (χ3n) is 2.76. The second kappa shape index (κ2) is 4.75. The fourth-order valence-electron chi connectivity index (χ4n) is 1.80. The van der Waals surface area contributed by atoms with Crippen LogP contribution in [0.2, 0.25) is 0 Å². The van der Waals surface area contributed by atoms with Crippen LogP contribution in [0.3, 0.4) is 0 Å². The first-order valence-electron chi connectivity index (χ1n) is 5.69. The number of hydrogen-bond acceptors (Lipinski definition) is 4. The summed E-state index contributed by atoms with van der Waals surface area (Å²) in [4.78, 5) is 6.86. The van der Waals surface area contributed by atoms with Gasteiger partial charge in [-0.15, -0.1) is 0 Å². The molecule has 2 heterocycles. The number of nitrogens with zero attached hydrogens (tertiary/aromatic N) is 2. The van der Waals surface area contributed by atoms with Gasteiger partial charge in [0.2, 0.25) is 0 Å². The summed E-state index contributed by atoms with van der Waals surface area (Å²) in [5, 5.41) is 0.170. The number of rotatable bonds is 3. The minimum absolute atomic E-state index is 0.0629. The molecule has 0 radical (unpaired) electrons. The molecule has 0 aliphatic carbocycles. The molecule has 1 fully saturated rings. The lowest BCUT2D eigenvalue weighted by Gasteiger charge is -2.29. The standard InChI is InChI=1S/C10H17N3O3S/c1-3-9-11-6-10(12-9)17(14,15)13-4-5-16-8(2)7-13/h6,8H,3-5,7H2,1-2H3,(H,11,12). The molecule has 0 spiro atoms. The summed E-state index contributed by atoms with van der Waals surface area (Å²) in [6.07, 6.45) is 2.01. The van der Waals surface area contributed by atoms with E-state index in [1.54, 1.807) is 0 Å². The SMILES string of the molecule is CCc1ncc(S(=O)(=O)N2CCOC(C)C2)[nH]1. The van der Waals surface area contributed by atoms with Crippen LogP contribution in [0, 0.1) is 0 Å². The highest BCUT2D eigenvalue weighted by Crippen LogP contribution is 2.17. The average Bonchev–Trinajstić information content (AvgIpc) is 2.78. The van der Waals surface area contributed by atoms with Gasteiger partial charge in [0.15, 0.2) is 5.03 Å². The summed E-state index contributed by atoms with van der Waals surface area (Å²) in [7, 11) is -3.45. The van der Waals surface area contributed by atoms with Crippen LogP contribution < -0.4 is 0 Å². The maximum absolute atomic E-state index is 12.3. The highest BCUT2D eigenvalue weighted by molar-refractivity contribution is 7.89. The molecule has 0 saturated carbocycles. The van der Waals surface area contributed by atoms with Crippen molar-refractivity contribution in [2.75, 3.05) is 19.7 Å². The number of H-pyrrole nitrogens is 1. The lowest BCUT2D eigenvalue weighted by Crippen LogP contribution is -2.44. The molecule has 1 N–H and O–H groups in total. The normalized spacial score (nSPS) is 22.8. The molecule has 1 unspecified atom stereocenters. The second-order valence-corrected chi connectivity index (χ2v) is 6.00. The van der Waals surface area contributed by atoms with E-state index in [2.05, 4.69) is 9.97 Å². The van der Waals surface area contributed by atoms with Gasteiger partial charge in [0.25, 0.3) is 10.0 Å². The van der Waals surface area contributed by atoms with Crippen LogP contribution >= 0.6 is 0 Å². The molecule has 1 aromatic heterocycles. The lowest BCUT2D eigenvalue weighted by molar-refractivity contribution is 0.0101. The van der Waals surface area contributed by atoms with Gasteiger partial charge in [-0.05, 0) is 6.92 Å². The zero-order valence-corrected chi connectivity index (χ0v) is 10.8. The summed E-state index contributed by atoms with van der Waals surface area (Å²) in [5.74, 6) is 0.685. The maximum Gasteiger partial charge on any atom is 0.260 e. The van der Waals surface area contributed by atoms with Gasteiger partial charge >= 0.3 is 0 Å². The maximum atomic E-state index is 12.3. The minimum Gasteiger partial charge on any atom is -0.376 e. The number of nitrogens with one attached hydrogen (secondary N) is 1. The fraction of sp³-hybridized carbons (Fsp3) is 0.700. The van der Waals surface area contributed by atoms with Gasteiger partial charge in [0.1, 0.15) is 5.82 Å². The molecular weight excluding hydrogens is 242 g/mol. The summed E-state index contributed by atoms with van der Waals surface area (Å²) in [5.41, 5.74) is 0. The third kappa shape index (κ3) is 2.51. The van der Waals surface area contributed by atoms with Crippen LogP contribution in [0.25, 0.3) is 0 Å². The molecule has 0 bridgehead atoms. The molecule has 0 amide bonds. The molecule has 2 rings (SSSR count). The molecular formula is C10H17N3O3S. The first-order chi connectivity index (χ1) is 8.04. The molecule has 7 heteroatoms. The molecule has 1 saturated heterocycles. The molecule has 1 atom stereocenters. The highest BCUT2D eigenvalue weighted by Gasteiger charge is 2.30. The van der Waals surface area contributed by atoms with Gasteiger partial charge in [0.05, 0.1) is 18.9 Å². The number of sulfonamides is 1. The third-order valence-corrected chi connectivity index (χ3v) is 4.54. The van der Waals surface area contributed by atoms with E-state index in [1.165, 1.54) is 10.5 Å². The van der Waals surface area contributed by atoms with Gasteiger partial charge in [-0.3, -0.25) is 0 Å². The van der Waals surface area contributed by atoms with Crippen molar-refractivity contribution in [2.24, 2.45) is 0 Å². The Balaban J connectivity index is 2.23. The molecule has 17 heavy (non-hydrogen) atoms. The minimum atomic E-state index is -3.45. The molecule has 1 aromatic rings. The van der Waals surface area contributed by atoms with Crippen molar-refractivity contribution >= 4 is 10.0 Å². The van der Waals surface area contributed by atoms with E-state index in [9.17, 15) is 8.42 Å². The number of aryl methyl sites for hydroxylation is 1.